The Morgan fingerprint density at radius 2 is 0.793 bits per heavy atom. The van der Waals surface area contributed by atoms with E-state index in [9.17, 15) is 19.2 Å². The molecule has 0 aromatic heterocycles. The van der Waals surface area contributed by atoms with Gasteiger partial charge >= 0.3 is 17.9 Å². The van der Waals surface area contributed by atoms with E-state index >= 15 is 0 Å². The van der Waals surface area contributed by atoms with Crippen molar-refractivity contribution < 1.29 is 42.9 Å². The summed E-state index contributed by atoms with van der Waals surface area (Å²) < 4.78 is 26.3. The van der Waals surface area contributed by atoms with Crippen LogP contribution in [0.2, 0.25) is 0 Å². The molecule has 1 atom stereocenters. The number of hydrogen-bond acceptors (Lipinski definition) is 9. The fraction of sp³-hybridized carbons (Fsp3) is 0.917. The van der Waals surface area contributed by atoms with E-state index in [1.807, 2.05) is 0 Å². The van der Waals surface area contributed by atoms with Crippen molar-refractivity contribution in [3.8, 4) is 0 Å². The molecule has 0 aromatic carbocycles. The van der Waals surface area contributed by atoms with Gasteiger partial charge in [0.05, 0.1) is 39.2 Å². The highest BCUT2D eigenvalue weighted by Crippen LogP contribution is 2.16. The minimum Gasteiger partial charge on any atom is -0.463 e. The van der Waals surface area contributed by atoms with Gasteiger partial charge in [0.15, 0.2) is 6.10 Å². The topological polar surface area (TPSA) is 126 Å². The second kappa shape index (κ2) is 45.9. The lowest BCUT2D eigenvalue weighted by Crippen LogP contribution is -2.38. The first kappa shape index (κ1) is 55.8. The van der Waals surface area contributed by atoms with Gasteiger partial charge in [0.25, 0.3) is 0 Å². The summed E-state index contributed by atoms with van der Waals surface area (Å²) in [5.41, 5.74) is 0. The first-order chi connectivity index (χ1) is 28.4. The standard InChI is InChI=1S/C48H91NO9/c1-4-6-8-10-12-14-16-18-20-22-24-26-28-30-32-34-45(50)49-42-44(58-48(53)37-36-47(52)56-41-40-55-39-38-54-3)43-57-46(51)35-33-31-29-27-25-23-21-19-17-15-13-11-9-7-5-2/h44H,4-43H2,1-3H3,(H,49,50). The van der Waals surface area contributed by atoms with Crippen LogP contribution >= 0.6 is 0 Å². The molecular weight excluding hydrogens is 735 g/mol. The summed E-state index contributed by atoms with van der Waals surface area (Å²) >= 11 is 0. The van der Waals surface area contributed by atoms with Crippen LogP contribution in [0.25, 0.3) is 0 Å². The summed E-state index contributed by atoms with van der Waals surface area (Å²) in [4.78, 5) is 49.9. The molecule has 0 saturated heterocycles. The van der Waals surface area contributed by atoms with Crippen molar-refractivity contribution in [2.75, 3.05) is 46.7 Å². The van der Waals surface area contributed by atoms with E-state index in [0.717, 1.165) is 38.5 Å². The third-order valence-corrected chi connectivity index (χ3v) is 10.7. The minimum atomic E-state index is -0.840. The lowest BCUT2D eigenvalue weighted by atomic mass is 10.0. The van der Waals surface area contributed by atoms with Crippen LogP contribution in [0.4, 0.5) is 0 Å². The molecule has 0 aliphatic heterocycles. The Morgan fingerprint density at radius 1 is 0.414 bits per heavy atom. The molecule has 1 amide bonds. The predicted octanol–water partition coefficient (Wildman–Crippen LogP) is 12.1. The van der Waals surface area contributed by atoms with Gasteiger partial charge in [-0.1, -0.05) is 194 Å². The highest BCUT2D eigenvalue weighted by molar-refractivity contribution is 5.78. The summed E-state index contributed by atoms with van der Waals surface area (Å²) in [7, 11) is 1.58. The molecule has 0 radical (unpaired) electrons. The van der Waals surface area contributed by atoms with Crippen LogP contribution in [0, 0.1) is 0 Å². The average molecular weight is 826 g/mol. The number of hydrogen-bond donors (Lipinski definition) is 1. The van der Waals surface area contributed by atoms with Gasteiger partial charge in [-0.15, -0.1) is 0 Å². The number of unbranched alkanes of at least 4 members (excludes halogenated alkanes) is 28. The summed E-state index contributed by atoms with van der Waals surface area (Å²) in [5, 5.41) is 2.85. The zero-order chi connectivity index (χ0) is 42.4. The molecular formula is C48H91NO9. The normalized spacial score (nSPS) is 11.7. The highest BCUT2D eigenvalue weighted by atomic mass is 16.6. The Morgan fingerprint density at radius 3 is 1.24 bits per heavy atom. The Bertz CT molecular complexity index is 881. The second-order valence-corrected chi connectivity index (χ2v) is 16.3. The van der Waals surface area contributed by atoms with Gasteiger partial charge in [0, 0.05) is 20.0 Å². The van der Waals surface area contributed by atoms with Gasteiger partial charge in [-0.3, -0.25) is 19.2 Å². The fourth-order valence-corrected chi connectivity index (χ4v) is 6.99. The van der Waals surface area contributed by atoms with E-state index < -0.39 is 18.0 Å². The number of amides is 1. The molecule has 10 heteroatoms. The van der Waals surface area contributed by atoms with E-state index in [4.69, 9.17) is 23.7 Å². The molecule has 0 fully saturated rings. The Balaban J connectivity index is 4.33. The smallest absolute Gasteiger partial charge is 0.306 e. The Kier molecular flexibility index (Phi) is 44.1. The van der Waals surface area contributed by atoms with E-state index in [2.05, 4.69) is 19.2 Å². The molecule has 0 aliphatic rings. The molecule has 342 valence electrons. The molecule has 0 saturated carbocycles. The minimum absolute atomic E-state index is 0.0405. The summed E-state index contributed by atoms with van der Waals surface area (Å²) in [6, 6.07) is 0. The third kappa shape index (κ3) is 43.4. The number of ether oxygens (including phenoxy) is 5. The number of carbonyl (C=O) groups is 4. The maximum atomic E-state index is 12.6. The maximum absolute atomic E-state index is 12.6. The van der Waals surface area contributed by atoms with E-state index in [1.54, 1.807) is 7.11 Å². The van der Waals surface area contributed by atoms with Gasteiger partial charge < -0.3 is 29.0 Å². The van der Waals surface area contributed by atoms with Crippen LogP contribution in [0.1, 0.15) is 232 Å². The van der Waals surface area contributed by atoms with Crippen LogP contribution in [-0.4, -0.2) is 76.6 Å². The van der Waals surface area contributed by atoms with E-state index in [-0.39, 0.29) is 51.1 Å². The molecule has 0 spiro atoms. The van der Waals surface area contributed by atoms with Gasteiger partial charge in [0.2, 0.25) is 5.91 Å². The molecule has 1 unspecified atom stereocenters. The average Bonchev–Trinajstić information content (AvgIpc) is 3.22. The quantitative estimate of drug-likeness (QED) is 0.0362. The highest BCUT2D eigenvalue weighted by Gasteiger charge is 2.19. The predicted molar refractivity (Wildman–Crippen MR) is 236 cm³/mol. The van der Waals surface area contributed by atoms with Crippen molar-refractivity contribution in [3.05, 3.63) is 0 Å². The molecule has 0 bridgehead atoms. The lowest BCUT2D eigenvalue weighted by Gasteiger charge is -2.19. The van der Waals surface area contributed by atoms with Gasteiger partial charge in [-0.25, -0.2) is 0 Å². The summed E-state index contributed by atoms with van der Waals surface area (Å²) in [6.45, 7) is 5.60. The molecule has 0 aromatic rings. The molecule has 0 heterocycles. The largest absolute Gasteiger partial charge is 0.463 e. The van der Waals surface area contributed by atoms with Crippen molar-refractivity contribution in [1.29, 1.82) is 0 Å². The lowest BCUT2D eigenvalue weighted by molar-refractivity contribution is -0.160. The maximum Gasteiger partial charge on any atom is 0.306 e. The second-order valence-electron chi connectivity index (χ2n) is 16.3. The van der Waals surface area contributed by atoms with Crippen LogP contribution in [0.3, 0.4) is 0 Å². The first-order valence-corrected chi connectivity index (χ1v) is 24.3. The molecule has 1 N–H and O–H groups in total. The van der Waals surface area contributed by atoms with Crippen molar-refractivity contribution in [2.24, 2.45) is 0 Å². The zero-order valence-corrected chi connectivity index (χ0v) is 38.0. The first-order valence-electron chi connectivity index (χ1n) is 24.3. The number of nitrogens with one attached hydrogen (secondary N) is 1. The number of carbonyl (C=O) groups excluding carboxylic acids is 4. The number of rotatable bonds is 46. The van der Waals surface area contributed by atoms with Crippen LogP contribution < -0.4 is 5.32 Å². The zero-order valence-electron chi connectivity index (χ0n) is 38.0. The number of esters is 3. The van der Waals surface area contributed by atoms with Crippen molar-refractivity contribution in [2.45, 2.75) is 238 Å². The van der Waals surface area contributed by atoms with Gasteiger partial charge in [-0.05, 0) is 12.8 Å². The Labute approximate surface area is 356 Å². The van der Waals surface area contributed by atoms with Gasteiger partial charge in [-0.2, -0.15) is 0 Å². The molecule has 0 aliphatic carbocycles. The summed E-state index contributed by atoms with van der Waals surface area (Å²) in [5.74, 6) is -1.60. The van der Waals surface area contributed by atoms with Crippen molar-refractivity contribution in [1.82, 2.24) is 5.32 Å². The summed E-state index contributed by atoms with van der Waals surface area (Å²) in [6.07, 6.45) is 37.4. The fourth-order valence-electron chi connectivity index (χ4n) is 6.99. The van der Waals surface area contributed by atoms with Crippen LogP contribution in [-0.2, 0) is 42.9 Å². The Hall–Kier alpha value is -2.20. The molecule has 0 rings (SSSR count). The number of methoxy groups -OCH3 is 1. The SMILES string of the molecule is CCCCCCCCCCCCCCCCCC(=O)NCC(COC(=O)CCCCCCCCCCCCCCCCC)OC(=O)CCC(=O)OCCOCCOC. The molecule has 58 heavy (non-hydrogen) atoms. The van der Waals surface area contributed by atoms with Crippen molar-refractivity contribution >= 4 is 23.8 Å². The monoisotopic (exact) mass is 826 g/mol. The third-order valence-electron chi connectivity index (χ3n) is 10.7. The van der Waals surface area contributed by atoms with Crippen molar-refractivity contribution in [3.63, 3.8) is 0 Å². The van der Waals surface area contributed by atoms with E-state index in [0.29, 0.717) is 26.1 Å². The molecule has 10 nitrogen and oxygen atoms in total. The van der Waals surface area contributed by atoms with Crippen LogP contribution in [0.5, 0.6) is 0 Å². The van der Waals surface area contributed by atoms with Crippen LogP contribution in [0.15, 0.2) is 0 Å². The van der Waals surface area contributed by atoms with E-state index in [1.165, 1.54) is 154 Å². The van der Waals surface area contributed by atoms with Gasteiger partial charge in [0.1, 0.15) is 13.2 Å².